The highest BCUT2D eigenvalue weighted by atomic mass is 32.2. The zero-order chi connectivity index (χ0) is 30.9. The predicted octanol–water partition coefficient (Wildman–Crippen LogP) is 5.03. The van der Waals surface area contributed by atoms with E-state index in [2.05, 4.69) is 6.07 Å². The number of hydrogen-bond donors (Lipinski definition) is 2. The molecule has 1 aliphatic carbocycles. The first-order chi connectivity index (χ1) is 20.7. The van der Waals surface area contributed by atoms with Crippen LogP contribution in [0, 0.1) is 16.7 Å². The summed E-state index contributed by atoms with van der Waals surface area (Å²) in [5, 5.41) is 31.6. The lowest BCUT2D eigenvalue weighted by molar-refractivity contribution is -0.0619. The van der Waals surface area contributed by atoms with Crippen molar-refractivity contribution >= 4 is 16.1 Å². The minimum atomic E-state index is -4.12. The lowest BCUT2D eigenvalue weighted by atomic mass is 9.71. The van der Waals surface area contributed by atoms with Crippen LogP contribution in [0.25, 0.3) is 0 Å². The zero-order valence-corrected chi connectivity index (χ0v) is 25.6. The molecule has 1 amide bonds. The second-order valence-electron chi connectivity index (χ2n) is 11.7. The van der Waals surface area contributed by atoms with E-state index in [1.54, 1.807) is 12.1 Å². The van der Waals surface area contributed by atoms with Crippen molar-refractivity contribution in [3.8, 4) is 11.8 Å². The number of aliphatic hydroxyl groups is 1. The maximum atomic E-state index is 14.3. The van der Waals surface area contributed by atoms with Crippen molar-refractivity contribution in [1.29, 1.82) is 5.26 Å². The molecule has 0 aromatic heterocycles. The van der Waals surface area contributed by atoms with Gasteiger partial charge < -0.3 is 19.7 Å². The Morgan fingerprint density at radius 2 is 1.81 bits per heavy atom. The van der Waals surface area contributed by atoms with Gasteiger partial charge in [0.2, 0.25) is 10.0 Å². The number of ether oxygens (including phenoxy) is 2. The van der Waals surface area contributed by atoms with Crippen molar-refractivity contribution in [3.63, 3.8) is 0 Å². The Labute approximate surface area is 254 Å². The van der Waals surface area contributed by atoms with Crippen molar-refractivity contribution in [2.75, 3.05) is 26.8 Å². The van der Waals surface area contributed by atoms with E-state index in [1.807, 2.05) is 30.3 Å². The van der Waals surface area contributed by atoms with Gasteiger partial charge in [0.05, 0.1) is 30.2 Å². The highest BCUT2D eigenvalue weighted by Crippen LogP contribution is 2.42. The summed E-state index contributed by atoms with van der Waals surface area (Å²) in [6, 6.07) is 16.7. The van der Waals surface area contributed by atoms with E-state index in [9.17, 15) is 28.7 Å². The molecule has 1 saturated carbocycles. The summed E-state index contributed by atoms with van der Waals surface area (Å²) in [7, 11) is -2.61. The predicted molar refractivity (Wildman–Crippen MR) is 161 cm³/mol. The Hall–Kier alpha value is -3.17. The first-order valence-electron chi connectivity index (χ1n) is 15.1. The quantitative estimate of drug-likeness (QED) is 0.302. The number of sulfonamides is 1. The second kappa shape index (κ2) is 15.0. The van der Waals surface area contributed by atoms with E-state index in [-0.39, 0.29) is 24.4 Å². The number of carboxylic acid groups (broad SMARTS) is 1. The van der Waals surface area contributed by atoms with Gasteiger partial charge in [-0.25, -0.2) is 13.2 Å². The van der Waals surface area contributed by atoms with Crippen LogP contribution in [0.15, 0.2) is 59.5 Å². The third-order valence-corrected chi connectivity index (χ3v) is 10.6. The molecule has 10 nitrogen and oxygen atoms in total. The molecular formula is C32H43N3O7S. The fourth-order valence-corrected chi connectivity index (χ4v) is 8.06. The van der Waals surface area contributed by atoms with Crippen LogP contribution in [0.5, 0.6) is 5.75 Å². The summed E-state index contributed by atoms with van der Waals surface area (Å²) >= 11 is 0. The fourth-order valence-electron chi connectivity index (χ4n) is 6.49. The summed E-state index contributed by atoms with van der Waals surface area (Å²) in [6.45, 7) is 0.240. The number of methoxy groups -OCH3 is 1. The van der Waals surface area contributed by atoms with Gasteiger partial charge in [0, 0.05) is 26.1 Å². The second-order valence-corrected chi connectivity index (χ2v) is 13.6. The molecule has 0 spiro atoms. The molecule has 0 bridgehead atoms. The lowest BCUT2D eigenvalue weighted by Crippen LogP contribution is -2.56. The molecule has 0 unspecified atom stereocenters. The molecule has 2 fully saturated rings. The molecule has 4 rings (SSSR count). The van der Waals surface area contributed by atoms with Crippen molar-refractivity contribution < 1.29 is 32.9 Å². The van der Waals surface area contributed by atoms with Gasteiger partial charge in [-0.15, -0.1) is 0 Å². The molecule has 2 aromatic rings. The van der Waals surface area contributed by atoms with Gasteiger partial charge in [-0.1, -0.05) is 49.6 Å². The van der Waals surface area contributed by atoms with Crippen LogP contribution in [0.2, 0.25) is 0 Å². The Kier molecular flexibility index (Phi) is 11.4. The minimum Gasteiger partial charge on any atom is -0.497 e. The number of rotatable bonds is 14. The molecule has 0 radical (unpaired) electrons. The van der Waals surface area contributed by atoms with Crippen molar-refractivity contribution in [3.05, 3.63) is 60.2 Å². The highest BCUT2D eigenvalue weighted by molar-refractivity contribution is 7.89. The van der Waals surface area contributed by atoms with Gasteiger partial charge in [-0.2, -0.15) is 9.57 Å². The van der Waals surface area contributed by atoms with Gasteiger partial charge in [-0.05, 0) is 73.8 Å². The number of amides is 1. The van der Waals surface area contributed by atoms with Crippen molar-refractivity contribution in [2.45, 2.75) is 87.5 Å². The van der Waals surface area contributed by atoms with Gasteiger partial charge in [-0.3, -0.25) is 4.90 Å². The van der Waals surface area contributed by atoms with Crippen LogP contribution in [-0.4, -0.2) is 79.1 Å². The molecule has 11 heteroatoms. The molecule has 1 heterocycles. The molecule has 234 valence electrons. The van der Waals surface area contributed by atoms with E-state index < -0.39 is 39.9 Å². The third kappa shape index (κ3) is 8.26. The maximum absolute atomic E-state index is 14.3. The highest BCUT2D eigenvalue weighted by Gasteiger charge is 2.42. The molecule has 2 aliphatic rings. The minimum absolute atomic E-state index is 0.0561. The molecule has 43 heavy (non-hydrogen) atoms. The van der Waals surface area contributed by atoms with Crippen LogP contribution in [-0.2, 0) is 21.2 Å². The van der Waals surface area contributed by atoms with Gasteiger partial charge in [0.15, 0.2) is 0 Å². The smallest absolute Gasteiger partial charge is 0.409 e. The van der Waals surface area contributed by atoms with E-state index >= 15 is 0 Å². The summed E-state index contributed by atoms with van der Waals surface area (Å²) in [4.78, 5) is 13.9. The van der Waals surface area contributed by atoms with Gasteiger partial charge in [0.1, 0.15) is 12.0 Å². The Bertz CT molecular complexity index is 1320. The van der Waals surface area contributed by atoms with E-state index in [0.717, 1.165) is 42.6 Å². The number of nitrogens with zero attached hydrogens (tertiary/aromatic N) is 3. The number of hydrogen-bond acceptors (Lipinski definition) is 7. The standard InChI is InChI=1S/C32H43N3O7S/c1-41-26-13-15-27(16-14-26)43(39,40)34(24-32(19-9-20-33)17-6-3-7-18-32)23-29(36)28(22-25-10-4-2-5-11-25)35(31(37)38)30-12-8-21-42-30/h2,4-5,10-11,13-16,28-30,36H,3,6-9,12,17-19,21-24H2,1H3,(H,37,38)/t28-,29+,30-/m0/s1. The van der Waals surface area contributed by atoms with Crippen LogP contribution in [0.3, 0.4) is 0 Å². The Morgan fingerprint density at radius 3 is 2.40 bits per heavy atom. The molecule has 2 aromatic carbocycles. The molecular weight excluding hydrogens is 570 g/mol. The number of carbonyl (C=O) groups is 1. The van der Waals surface area contributed by atoms with Gasteiger partial charge in [0.25, 0.3) is 0 Å². The SMILES string of the molecule is COc1ccc(S(=O)(=O)N(C[C@@H](O)[C@H](Cc2ccccc2)N(C(=O)O)[C@@H]2CCCO2)CC2(CCC#N)CCCCC2)cc1. The zero-order valence-electron chi connectivity index (χ0n) is 24.8. The number of aliphatic hydroxyl groups excluding tert-OH is 1. The third-order valence-electron chi connectivity index (χ3n) is 8.81. The van der Waals surface area contributed by atoms with Crippen LogP contribution >= 0.6 is 0 Å². The average Bonchev–Trinajstić information content (AvgIpc) is 3.54. The maximum Gasteiger partial charge on any atom is 0.409 e. The first-order valence-corrected chi connectivity index (χ1v) is 16.5. The summed E-state index contributed by atoms with van der Waals surface area (Å²) < 4.78 is 40.8. The van der Waals surface area contributed by atoms with Gasteiger partial charge >= 0.3 is 6.09 Å². The molecule has 1 saturated heterocycles. The largest absolute Gasteiger partial charge is 0.497 e. The summed E-state index contributed by atoms with van der Waals surface area (Å²) in [6.07, 6.45) is 3.42. The van der Waals surface area contributed by atoms with E-state index in [1.165, 1.54) is 23.5 Å². The number of nitriles is 1. The average molecular weight is 614 g/mol. The van der Waals surface area contributed by atoms with Crippen molar-refractivity contribution in [1.82, 2.24) is 9.21 Å². The normalized spacial score (nSPS) is 19.8. The van der Waals surface area contributed by atoms with Crippen molar-refractivity contribution in [2.24, 2.45) is 5.41 Å². The van der Waals surface area contributed by atoms with Crippen LogP contribution in [0.1, 0.15) is 63.4 Å². The molecule has 3 atom stereocenters. The monoisotopic (exact) mass is 613 g/mol. The summed E-state index contributed by atoms with van der Waals surface area (Å²) in [5.74, 6) is 0.514. The van der Waals surface area contributed by atoms with E-state index in [0.29, 0.717) is 38.0 Å². The fraction of sp³-hybridized carbons (Fsp3) is 0.562. The summed E-state index contributed by atoms with van der Waals surface area (Å²) in [5.41, 5.74) is 0.404. The molecule has 1 aliphatic heterocycles. The number of benzene rings is 2. The Morgan fingerprint density at radius 1 is 1.12 bits per heavy atom. The van der Waals surface area contributed by atoms with Crippen LogP contribution in [0.4, 0.5) is 4.79 Å². The topological polar surface area (TPSA) is 140 Å². The lowest BCUT2D eigenvalue weighted by Gasteiger charge is -2.42. The molecule has 2 N–H and O–H groups in total. The van der Waals surface area contributed by atoms with Crippen LogP contribution < -0.4 is 4.74 Å². The Balaban J connectivity index is 1.72. The first kappa shape index (κ1) is 32.7. The van der Waals surface area contributed by atoms with E-state index in [4.69, 9.17) is 9.47 Å².